The number of carboxylic acid groups (broad SMARTS) is 1. The number of aromatic amines is 1. The molecule has 1 heterocycles. The van der Waals surface area contributed by atoms with Gasteiger partial charge < -0.3 is 10.1 Å². The lowest BCUT2D eigenvalue weighted by atomic mass is 10.1. The van der Waals surface area contributed by atoms with Crippen molar-refractivity contribution in [3.8, 4) is 0 Å². The molecule has 3 rings (SSSR count). The Morgan fingerprint density at radius 2 is 1.96 bits per heavy atom. The van der Waals surface area contributed by atoms with Gasteiger partial charge in [0.15, 0.2) is 5.82 Å². The van der Waals surface area contributed by atoms with Gasteiger partial charge in [-0.15, -0.1) is 0 Å². The first-order valence-corrected chi connectivity index (χ1v) is 8.09. The van der Waals surface area contributed by atoms with Crippen molar-refractivity contribution in [2.45, 2.75) is 13.3 Å². The Morgan fingerprint density at radius 1 is 1.24 bits per heavy atom. The van der Waals surface area contributed by atoms with Crippen molar-refractivity contribution < 1.29 is 9.90 Å². The largest absolute Gasteiger partial charge is 0.478 e. The minimum absolute atomic E-state index is 0.0619. The number of hydrogen-bond acceptors (Lipinski definition) is 3. The number of benzene rings is 2. The van der Waals surface area contributed by atoms with Crippen LogP contribution in [0.4, 0.5) is 0 Å². The van der Waals surface area contributed by atoms with E-state index >= 15 is 0 Å². The van der Waals surface area contributed by atoms with Crippen molar-refractivity contribution in [3.05, 3.63) is 75.3 Å². The van der Waals surface area contributed by atoms with Crippen molar-refractivity contribution in [2.24, 2.45) is 0 Å². The molecule has 25 heavy (non-hydrogen) atoms. The third-order valence-electron chi connectivity index (χ3n) is 3.86. The summed E-state index contributed by atoms with van der Waals surface area (Å²) in [5.41, 5.74) is 2.07. The molecule has 2 N–H and O–H groups in total. The third kappa shape index (κ3) is 3.61. The Morgan fingerprint density at radius 3 is 2.60 bits per heavy atom. The fraction of sp³-hybridized carbons (Fsp3) is 0.105. The lowest BCUT2D eigenvalue weighted by Gasteiger charge is -2.04. The van der Waals surface area contributed by atoms with Crippen LogP contribution >= 0.6 is 11.6 Å². The van der Waals surface area contributed by atoms with Crippen LogP contribution in [0.1, 0.15) is 34.2 Å². The summed E-state index contributed by atoms with van der Waals surface area (Å²) in [5, 5.41) is 9.66. The van der Waals surface area contributed by atoms with Crippen LogP contribution in [-0.2, 0) is 6.42 Å². The van der Waals surface area contributed by atoms with E-state index in [2.05, 4.69) is 16.9 Å². The van der Waals surface area contributed by atoms with Crippen LogP contribution in [0.3, 0.4) is 0 Å². The fourth-order valence-corrected chi connectivity index (χ4v) is 2.67. The van der Waals surface area contributed by atoms with E-state index < -0.39 is 5.97 Å². The molecule has 0 amide bonds. The number of rotatable bonds is 4. The molecular weight excluding hydrogens is 340 g/mol. The maximum absolute atomic E-state index is 12.2. The molecule has 6 heteroatoms. The summed E-state index contributed by atoms with van der Waals surface area (Å²) in [6, 6.07) is 12.0. The maximum atomic E-state index is 12.2. The number of nitrogens with zero attached hydrogens (tertiary/aromatic N) is 1. The van der Waals surface area contributed by atoms with Crippen LogP contribution in [0.5, 0.6) is 0 Å². The maximum Gasteiger partial charge on any atom is 0.335 e. The molecule has 0 fully saturated rings. The van der Waals surface area contributed by atoms with E-state index in [1.807, 2.05) is 24.3 Å². The summed E-state index contributed by atoms with van der Waals surface area (Å²) >= 11 is 6.30. The van der Waals surface area contributed by atoms with Gasteiger partial charge in [0.05, 0.1) is 21.5 Å². The Labute approximate surface area is 148 Å². The Bertz CT molecular complexity index is 1040. The molecule has 0 bridgehead atoms. The number of carboxylic acids is 1. The first-order valence-electron chi connectivity index (χ1n) is 7.72. The highest BCUT2D eigenvalue weighted by molar-refractivity contribution is 6.50. The van der Waals surface area contributed by atoms with Crippen LogP contribution in [0, 0.1) is 0 Å². The van der Waals surface area contributed by atoms with Crippen LogP contribution in [-0.4, -0.2) is 21.0 Å². The van der Waals surface area contributed by atoms with Gasteiger partial charge in [0.1, 0.15) is 0 Å². The molecule has 3 aromatic rings. The molecule has 0 aliphatic rings. The van der Waals surface area contributed by atoms with Gasteiger partial charge in [-0.1, -0.05) is 42.8 Å². The highest BCUT2D eigenvalue weighted by Gasteiger charge is 2.10. The molecular formula is C19H15ClN2O3. The van der Waals surface area contributed by atoms with Crippen molar-refractivity contribution in [1.82, 2.24) is 9.97 Å². The summed E-state index contributed by atoms with van der Waals surface area (Å²) < 4.78 is 0. The van der Waals surface area contributed by atoms with Gasteiger partial charge in [-0.05, 0) is 41.8 Å². The Hall–Kier alpha value is -2.92. The summed E-state index contributed by atoms with van der Waals surface area (Å²) in [5.74, 6) is -0.885. The molecule has 0 aliphatic heterocycles. The standard InChI is InChI=1S/C19H15ClN2O3/c1-2-11-3-5-12(6-4-11)9-15(20)17-21-16-10-13(19(24)25)7-8-14(16)18(23)22-17/h3-10H,2H2,1H3,(H,24,25)(H,21,22,23)/b15-9-. The SMILES string of the molecule is CCc1ccc(/C=C(\Cl)c2nc3cc(C(=O)O)ccc3c(=O)[nH]2)cc1. The quantitative estimate of drug-likeness (QED) is 0.743. The second-order valence-electron chi connectivity index (χ2n) is 5.54. The average molecular weight is 355 g/mol. The Balaban J connectivity index is 2.05. The lowest BCUT2D eigenvalue weighted by Crippen LogP contribution is -2.11. The number of aromatic nitrogens is 2. The van der Waals surface area contributed by atoms with Crippen molar-refractivity contribution in [2.75, 3.05) is 0 Å². The third-order valence-corrected chi connectivity index (χ3v) is 4.15. The number of fused-ring (bicyclic) bond motifs is 1. The topological polar surface area (TPSA) is 83.0 Å². The van der Waals surface area contributed by atoms with Crippen LogP contribution in [0.15, 0.2) is 47.3 Å². The fourth-order valence-electron chi connectivity index (χ4n) is 2.45. The number of aryl methyl sites for hydroxylation is 1. The summed E-state index contributed by atoms with van der Waals surface area (Å²) in [6.07, 6.45) is 2.65. The van der Waals surface area contributed by atoms with E-state index in [1.165, 1.54) is 23.8 Å². The van der Waals surface area contributed by atoms with Crippen molar-refractivity contribution in [1.29, 1.82) is 0 Å². The van der Waals surface area contributed by atoms with Crippen LogP contribution in [0.2, 0.25) is 0 Å². The molecule has 0 saturated heterocycles. The van der Waals surface area contributed by atoms with Crippen molar-refractivity contribution >= 4 is 39.6 Å². The van der Waals surface area contributed by atoms with Gasteiger partial charge >= 0.3 is 5.97 Å². The molecule has 5 nitrogen and oxygen atoms in total. The average Bonchev–Trinajstić information content (AvgIpc) is 2.61. The van der Waals surface area contributed by atoms with E-state index in [0.29, 0.717) is 5.39 Å². The molecule has 1 aromatic heterocycles. The molecule has 0 spiro atoms. The zero-order chi connectivity index (χ0) is 18.0. The van der Waals surface area contributed by atoms with Gasteiger partial charge in [0.2, 0.25) is 0 Å². The first kappa shape index (κ1) is 16.9. The number of carbonyl (C=O) groups is 1. The van der Waals surface area contributed by atoms with E-state index in [4.69, 9.17) is 16.7 Å². The van der Waals surface area contributed by atoms with Gasteiger partial charge in [0.25, 0.3) is 5.56 Å². The minimum atomic E-state index is -1.08. The zero-order valence-corrected chi connectivity index (χ0v) is 14.2. The van der Waals surface area contributed by atoms with Crippen LogP contribution in [0.25, 0.3) is 22.0 Å². The van der Waals surface area contributed by atoms with Gasteiger partial charge in [-0.2, -0.15) is 0 Å². The molecule has 0 saturated carbocycles. The van der Waals surface area contributed by atoms with E-state index in [9.17, 15) is 9.59 Å². The summed E-state index contributed by atoms with van der Waals surface area (Å²) in [4.78, 5) is 30.2. The van der Waals surface area contributed by atoms with Gasteiger partial charge in [-0.25, -0.2) is 9.78 Å². The molecule has 2 aromatic carbocycles. The number of H-pyrrole nitrogens is 1. The monoisotopic (exact) mass is 354 g/mol. The lowest BCUT2D eigenvalue weighted by molar-refractivity contribution is 0.0697. The highest BCUT2D eigenvalue weighted by atomic mass is 35.5. The smallest absolute Gasteiger partial charge is 0.335 e. The highest BCUT2D eigenvalue weighted by Crippen LogP contribution is 2.20. The van der Waals surface area contributed by atoms with Crippen LogP contribution < -0.4 is 5.56 Å². The number of aromatic carboxylic acids is 1. The Kier molecular flexibility index (Phi) is 4.67. The molecule has 0 aliphatic carbocycles. The number of hydrogen-bond donors (Lipinski definition) is 2. The summed E-state index contributed by atoms with van der Waals surface area (Å²) in [6.45, 7) is 2.08. The second-order valence-corrected chi connectivity index (χ2v) is 5.95. The number of nitrogens with one attached hydrogen (secondary N) is 1. The van der Waals surface area contributed by atoms with Gasteiger partial charge in [-0.3, -0.25) is 4.79 Å². The van der Waals surface area contributed by atoms with E-state index in [1.54, 1.807) is 6.08 Å². The predicted molar refractivity (Wildman–Crippen MR) is 98.9 cm³/mol. The molecule has 0 unspecified atom stereocenters. The first-order chi connectivity index (χ1) is 12.0. The molecule has 0 atom stereocenters. The van der Waals surface area contributed by atoms with E-state index in [0.717, 1.165) is 12.0 Å². The second kappa shape index (κ2) is 6.91. The van der Waals surface area contributed by atoms with E-state index in [-0.39, 0.29) is 27.5 Å². The minimum Gasteiger partial charge on any atom is -0.478 e. The normalized spacial score (nSPS) is 11.7. The summed E-state index contributed by atoms with van der Waals surface area (Å²) in [7, 11) is 0. The predicted octanol–water partition coefficient (Wildman–Crippen LogP) is 3.92. The van der Waals surface area contributed by atoms with Gasteiger partial charge in [0, 0.05) is 0 Å². The van der Waals surface area contributed by atoms with Crippen molar-refractivity contribution in [3.63, 3.8) is 0 Å². The molecule has 126 valence electrons. The molecule has 0 radical (unpaired) electrons. The zero-order valence-electron chi connectivity index (χ0n) is 13.4. The number of halogens is 1.